The van der Waals surface area contributed by atoms with Gasteiger partial charge in [-0.2, -0.15) is 0 Å². The number of hydrogen-bond acceptors (Lipinski definition) is 4. The monoisotopic (exact) mass is 287 g/mol. The maximum Gasteiger partial charge on any atom is 0.337 e. The molecular formula is C16H17NO4. The molecule has 0 aliphatic rings. The molecule has 0 radical (unpaired) electrons. The number of rotatable bonds is 6. The Morgan fingerprint density at radius 3 is 2.24 bits per heavy atom. The molecule has 0 saturated carbocycles. The van der Waals surface area contributed by atoms with E-state index >= 15 is 0 Å². The van der Waals surface area contributed by atoms with Crippen LogP contribution >= 0.6 is 0 Å². The van der Waals surface area contributed by atoms with Gasteiger partial charge in [0.2, 0.25) is 0 Å². The van der Waals surface area contributed by atoms with Crippen LogP contribution in [0, 0.1) is 0 Å². The third-order valence-electron chi connectivity index (χ3n) is 2.93. The van der Waals surface area contributed by atoms with Crippen molar-refractivity contribution in [1.82, 2.24) is 0 Å². The summed E-state index contributed by atoms with van der Waals surface area (Å²) < 4.78 is 5.65. The number of ether oxygens (including phenoxy) is 1. The summed E-state index contributed by atoms with van der Waals surface area (Å²) in [5, 5.41) is 21.3. The lowest BCUT2D eigenvalue weighted by Gasteiger charge is -2.19. The van der Waals surface area contributed by atoms with E-state index in [1.54, 1.807) is 24.3 Å². The molecule has 0 aliphatic carbocycles. The highest BCUT2D eigenvalue weighted by Gasteiger charge is 2.29. The second-order valence-corrected chi connectivity index (χ2v) is 4.87. The molecule has 0 spiro atoms. The molecule has 0 fully saturated rings. The molecule has 0 heterocycles. The molecule has 2 rings (SSSR count). The van der Waals surface area contributed by atoms with Gasteiger partial charge in [0.1, 0.15) is 11.5 Å². The Kier molecular flexibility index (Phi) is 4.45. The lowest BCUT2D eigenvalue weighted by molar-refractivity contribution is -0.155. The molecule has 2 aromatic rings. The molecule has 5 nitrogen and oxygen atoms in total. The predicted molar refractivity (Wildman–Crippen MR) is 79.7 cm³/mol. The molecule has 3 N–H and O–H groups in total. The second-order valence-electron chi connectivity index (χ2n) is 4.87. The minimum atomic E-state index is -1.81. The number of anilines is 1. The van der Waals surface area contributed by atoms with E-state index in [0.717, 1.165) is 5.75 Å². The summed E-state index contributed by atoms with van der Waals surface area (Å²) in [7, 11) is 0. The van der Waals surface area contributed by atoms with Crippen molar-refractivity contribution in [3.8, 4) is 11.5 Å². The van der Waals surface area contributed by atoms with Crippen molar-refractivity contribution < 1.29 is 19.7 Å². The van der Waals surface area contributed by atoms with Gasteiger partial charge in [-0.15, -0.1) is 0 Å². The fourth-order valence-corrected chi connectivity index (χ4v) is 1.62. The van der Waals surface area contributed by atoms with Gasteiger partial charge in [0.15, 0.2) is 5.60 Å². The molecule has 0 amide bonds. The van der Waals surface area contributed by atoms with Gasteiger partial charge >= 0.3 is 5.97 Å². The summed E-state index contributed by atoms with van der Waals surface area (Å²) in [4.78, 5) is 10.8. The average Bonchev–Trinajstić information content (AvgIpc) is 2.47. The van der Waals surface area contributed by atoms with Crippen molar-refractivity contribution in [2.75, 3.05) is 11.9 Å². The van der Waals surface area contributed by atoms with E-state index in [2.05, 4.69) is 5.32 Å². The third-order valence-corrected chi connectivity index (χ3v) is 2.93. The molecule has 0 saturated heterocycles. The Labute approximate surface area is 122 Å². The standard InChI is InChI=1S/C16H17NO4/c1-16(20,15(18)19)11-17-12-7-9-14(10-8-12)21-13-5-3-2-4-6-13/h2-10,17,20H,11H2,1H3,(H,18,19). The minimum Gasteiger partial charge on any atom is -0.479 e. The summed E-state index contributed by atoms with van der Waals surface area (Å²) in [6.45, 7) is 1.16. The van der Waals surface area contributed by atoms with Crippen LogP contribution in [0.5, 0.6) is 11.5 Å². The number of carboxylic acids is 1. The van der Waals surface area contributed by atoms with Crippen molar-refractivity contribution >= 4 is 11.7 Å². The van der Waals surface area contributed by atoms with Crippen LogP contribution in [0.2, 0.25) is 0 Å². The van der Waals surface area contributed by atoms with Gasteiger partial charge in [-0.3, -0.25) is 0 Å². The van der Waals surface area contributed by atoms with Crippen LogP contribution < -0.4 is 10.1 Å². The second kappa shape index (κ2) is 6.28. The lowest BCUT2D eigenvalue weighted by atomic mass is 10.1. The molecule has 1 atom stereocenters. The molecule has 0 aromatic heterocycles. The van der Waals surface area contributed by atoms with Gasteiger partial charge in [0.05, 0.1) is 6.54 Å². The molecule has 0 bridgehead atoms. The Balaban J connectivity index is 1.95. The first-order chi connectivity index (χ1) is 9.97. The summed E-state index contributed by atoms with van der Waals surface area (Å²) in [6, 6.07) is 16.5. The van der Waals surface area contributed by atoms with Gasteiger partial charge in [0.25, 0.3) is 0 Å². The number of aliphatic hydroxyl groups is 1. The quantitative estimate of drug-likeness (QED) is 0.761. The Bertz CT molecular complexity index is 593. The zero-order valence-corrected chi connectivity index (χ0v) is 11.6. The molecule has 21 heavy (non-hydrogen) atoms. The maximum atomic E-state index is 10.8. The number of carbonyl (C=O) groups is 1. The smallest absolute Gasteiger partial charge is 0.337 e. The number of hydrogen-bond donors (Lipinski definition) is 3. The molecule has 1 unspecified atom stereocenters. The van der Waals surface area contributed by atoms with Crippen molar-refractivity contribution in [1.29, 1.82) is 0 Å². The first-order valence-electron chi connectivity index (χ1n) is 6.50. The Morgan fingerprint density at radius 1 is 1.10 bits per heavy atom. The van der Waals surface area contributed by atoms with Gasteiger partial charge in [-0.05, 0) is 43.3 Å². The Morgan fingerprint density at radius 2 is 1.67 bits per heavy atom. The third kappa shape index (κ3) is 4.22. The van der Waals surface area contributed by atoms with Crippen molar-refractivity contribution in [3.05, 3.63) is 54.6 Å². The van der Waals surface area contributed by atoms with E-state index < -0.39 is 11.6 Å². The zero-order valence-electron chi connectivity index (χ0n) is 11.6. The predicted octanol–water partition coefficient (Wildman–Crippen LogP) is 2.73. The summed E-state index contributed by atoms with van der Waals surface area (Å²) >= 11 is 0. The topological polar surface area (TPSA) is 78.8 Å². The van der Waals surface area contributed by atoms with E-state index in [-0.39, 0.29) is 6.54 Å². The highest BCUT2D eigenvalue weighted by Crippen LogP contribution is 2.22. The minimum absolute atomic E-state index is 0.0821. The van der Waals surface area contributed by atoms with Crippen LogP contribution in [0.25, 0.3) is 0 Å². The van der Waals surface area contributed by atoms with Crippen LogP contribution in [0.1, 0.15) is 6.92 Å². The number of carboxylic acid groups (broad SMARTS) is 1. The van der Waals surface area contributed by atoms with Crippen LogP contribution in [0.4, 0.5) is 5.69 Å². The van der Waals surface area contributed by atoms with Crippen LogP contribution in [0.15, 0.2) is 54.6 Å². The first kappa shape index (κ1) is 14.9. The number of para-hydroxylation sites is 1. The molecule has 5 heteroatoms. The van der Waals surface area contributed by atoms with Crippen LogP contribution in [-0.2, 0) is 4.79 Å². The van der Waals surface area contributed by atoms with Gasteiger partial charge in [0, 0.05) is 5.69 Å². The number of nitrogens with one attached hydrogen (secondary N) is 1. The summed E-state index contributed by atoms with van der Waals surface area (Å²) in [6.07, 6.45) is 0. The molecular weight excluding hydrogens is 270 g/mol. The summed E-state index contributed by atoms with van der Waals surface area (Å²) in [5.74, 6) is 0.155. The van der Waals surface area contributed by atoms with E-state index in [0.29, 0.717) is 11.4 Å². The molecule has 110 valence electrons. The fraction of sp³-hybridized carbons (Fsp3) is 0.188. The number of benzene rings is 2. The van der Waals surface area contributed by atoms with E-state index in [4.69, 9.17) is 9.84 Å². The van der Waals surface area contributed by atoms with Crippen molar-refractivity contribution in [3.63, 3.8) is 0 Å². The molecule has 0 aliphatic heterocycles. The van der Waals surface area contributed by atoms with E-state index in [1.165, 1.54) is 6.92 Å². The highest BCUT2D eigenvalue weighted by molar-refractivity contribution is 5.77. The van der Waals surface area contributed by atoms with Crippen LogP contribution in [-0.4, -0.2) is 28.3 Å². The maximum absolute atomic E-state index is 10.8. The summed E-state index contributed by atoms with van der Waals surface area (Å²) in [5.41, 5.74) is -1.10. The van der Waals surface area contributed by atoms with Gasteiger partial charge in [-0.1, -0.05) is 18.2 Å². The lowest BCUT2D eigenvalue weighted by Crippen LogP contribution is -2.41. The largest absolute Gasteiger partial charge is 0.479 e. The number of aliphatic carboxylic acids is 1. The van der Waals surface area contributed by atoms with Crippen LogP contribution in [0.3, 0.4) is 0 Å². The highest BCUT2D eigenvalue weighted by atomic mass is 16.5. The fourth-order valence-electron chi connectivity index (χ4n) is 1.62. The average molecular weight is 287 g/mol. The zero-order chi connectivity index (χ0) is 15.3. The van der Waals surface area contributed by atoms with Gasteiger partial charge < -0.3 is 20.3 Å². The van der Waals surface area contributed by atoms with E-state index in [9.17, 15) is 9.90 Å². The first-order valence-corrected chi connectivity index (χ1v) is 6.50. The van der Waals surface area contributed by atoms with Crippen molar-refractivity contribution in [2.24, 2.45) is 0 Å². The molecule has 2 aromatic carbocycles. The SMILES string of the molecule is CC(O)(CNc1ccc(Oc2ccccc2)cc1)C(=O)O. The van der Waals surface area contributed by atoms with Gasteiger partial charge in [-0.25, -0.2) is 4.79 Å². The van der Waals surface area contributed by atoms with E-state index in [1.807, 2.05) is 30.3 Å². The Hall–Kier alpha value is -2.53. The normalized spacial score (nSPS) is 13.2. The van der Waals surface area contributed by atoms with Crippen molar-refractivity contribution in [2.45, 2.75) is 12.5 Å².